The maximum Gasteiger partial charge on any atom is 0.195 e. The van der Waals surface area contributed by atoms with Gasteiger partial charge in [-0.1, -0.05) is 0 Å². The molecular weight excluding hydrogens is 266 g/mol. The van der Waals surface area contributed by atoms with Gasteiger partial charge in [0.2, 0.25) is 0 Å². The minimum atomic E-state index is 0.662. The SMILES string of the molecule is CCn1c(-c2sc(CN(C)C)nc2C)n[nH]c1=S. The van der Waals surface area contributed by atoms with Crippen LogP contribution in [0, 0.1) is 11.7 Å². The molecule has 2 aromatic rings. The molecule has 98 valence electrons. The van der Waals surface area contributed by atoms with Crippen LogP contribution in [0.4, 0.5) is 0 Å². The molecular formula is C11H17N5S2. The van der Waals surface area contributed by atoms with Crippen molar-refractivity contribution in [3.63, 3.8) is 0 Å². The molecule has 18 heavy (non-hydrogen) atoms. The molecule has 1 N–H and O–H groups in total. The van der Waals surface area contributed by atoms with E-state index in [-0.39, 0.29) is 0 Å². The van der Waals surface area contributed by atoms with E-state index in [4.69, 9.17) is 12.2 Å². The van der Waals surface area contributed by atoms with Gasteiger partial charge in [-0.2, -0.15) is 5.10 Å². The average molecular weight is 283 g/mol. The molecule has 0 bridgehead atoms. The molecule has 0 unspecified atom stereocenters. The summed E-state index contributed by atoms with van der Waals surface area (Å²) < 4.78 is 2.66. The van der Waals surface area contributed by atoms with Crippen molar-refractivity contribution in [2.45, 2.75) is 26.9 Å². The van der Waals surface area contributed by atoms with Gasteiger partial charge in [0.1, 0.15) is 5.01 Å². The summed E-state index contributed by atoms with van der Waals surface area (Å²) in [5.41, 5.74) is 1.01. The van der Waals surface area contributed by atoms with Gasteiger partial charge in [-0.15, -0.1) is 11.3 Å². The largest absolute Gasteiger partial charge is 0.303 e. The maximum absolute atomic E-state index is 5.21. The van der Waals surface area contributed by atoms with Crippen LogP contribution in [0.15, 0.2) is 0 Å². The second kappa shape index (κ2) is 5.29. The highest BCUT2D eigenvalue weighted by atomic mass is 32.1. The molecule has 2 aromatic heterocycles. The Morgan fingerprint density at radius 2 is 2.17 bits per heavy atom. The van der Waals surface area contributed by atoms with Crippen molar-refractivity contribution >= 4 is 23.6 Å². The van der Waals surface area contributed by atoms with Crippen molar-refractivity contribution in [3.8, 4) is 10.7 Å². The predicted octanol–water partition coefficient (Wildman–Crippen LogP) is 2.45. The van der Waals surface area contributed by atoms with Gasteiger partial charge < -0.3 is 4.90 Å². The standard InChI is InChI=1S/C11H17N5S2/c1-5-16-10(13-14-11(16)17)9-7(2)12-8(18-9)6-15(3)4/h5-6H2,1-4H3,(H,14,17). The van der Waals surface area contributed by atoms with E-state index >= 15 is 0 Å². The Kier molecular flexibility index (Phi) is 3.94. The van der Waals surface area contributed by atoms with Gasteiger partial charge >= 0.3 is 0 Å². The normalized spacial score (nSPS) is 11.4. The van der Waals surface area contributed by atoms with Crippen molar-refractivity contribution < 1.29 is 0 Å². The minimum Gasteiger partial charge on any atom is -0.303 e. The van der Waals surface area contributed by atoms with E-state index in [2.05, 4.69) is 27.0 Å². The molecule has 0 fully saturated rings. The predicted molar refractivity (Wildman–Crippen MR) is 76.3 cm³/mol. The molecule has 0 radical (unpaired) electrons. The zero-order valence-corrected chi connectivity index (χ0v) is 12.7. The third kappa shape index (κ3) is 2.52. The molecule has 0 aromatic carbocycles. The quantitative estimate of drug-likeness (QED) is 0.876. The molecule has 0 spiro atoms. The number of hydrogen-bond donors (Lipinski definition) is 1. The van der Waals surface area contributed by atoms with Crippen LogP contribution in [0.2, 0.25) is 0 Å². The molecule has 5 nitrogen and oxygen atoms in total. The summed E-state index contributed by atoms with van der Waals surface area (Å²) in [7, 11) is 4.08. The first-order chi connectivity index (χ1) is 8.52. The third-order valence-electron chi connectivity index (χ3n) is 2.57. The fourth-order valence-corrected chi connectivity index (χ4v) is 3.22. The number of rotatable bonds is 4. The van der Waals surface area contributed by atoms with Gasteiger partial charge in [-0.25, -0.2) is 4.98 Å². The first-order valence-electron chi connectivity index (χ1n) is 5.79. The van der Waals surface area contributed by atoms with Crippen molar-refractivity contribution in [1.82, 2.24) is 24.6 Å². The molecule has 2 rings (SSSR count). The Morgan fingerprint density at radius 3 is 2.78 bits per heavy atom. The lowest BCUT2D eigenvalue weighted by Crippen LogP contribution is -2.10. The van der Waals surface area contributed by atoms with Crippen LogP contribution in [0.3, 0.4) is 0 Å². The summed E-state index contributed by atoms with van der Waals surface area (Å²) in [5, 5.41) is 8.26. The molecule has 2 heterocycles. The average Bonchev–Trinajstić information content (AvgIpc) is 2.81. The zero-order valence-electron chi connectivity index (χ0n) is 11.0. The second-order valence-corrected chi connectivity index (χ2v) is 5.83. The number of aryl methyl sites for hydroxylation is 1. The molecule has 0 saturated heterocycles. The number of nitrogens with one attached hydrogen (secondary N) is 1. The number of aromatic amines is 1. The molecule has 0 aliphatic heterocycles. The Hall–Kier alpha value is -1.05. The highest BCUT2D eigenvalue weighted by Gasteiger charge is 2.15. The number of H-pyrrole nitrogens is 1. The smallest absolute Gasteiger partial charge is 0.195 e. The zero-order chi connectivity index (χ0) is 13.3. The highest BCUT2D eigenvalue weighted by Crippen LogP contribution is 2.29. The van der Waals surface area contributed by atoms with Gasteiger partial charge in [0.15, 0.2) is 10.6 Å². The van der Waals surface area contributed by atoms with E-state index in [0.717, 1.165) is 34.5 Å². The van der Waals surface area contributed by atoms with Crippen LogP contribution in [0.25, 0.3) is 10.7 Å². The Bertz CT molecular complexity index is 593. The van der Waals surface area contributed by atoms with Gasteiger partial charge in [0.25, 0.3) is 0 Å². The molecule has 0 aliphatic rings. The Labute approximate surface area is 115 Å². The first-order valence-corrected chi connectivity index (χ1v) is 7.02. The van der Waals surface area contributed by atoms with E-state index in [1.165, 1.54) is 0 Å². The van der Waals surface area contributed by atoms with Gasteiger partial charge in [0, 0.05) is 13.1 Å². The highest BCUT2D eigenvalue weighted by molar-refractivity contribution is 7.71. The van der Waals surface area contributed by atoms with Crippen molar-refractivity contribution in [3.05, 3.63) is 15.5 Å². The minimum absolute atomic E-state index is 0.662. The third-order valence-corrected chi connectivity index (χ3v) is 4.02. The van der Waals surface area contributed by atoms with Crippen LogP contribution < -0.4 is 0 Å². The lowest BCUT2D eigenvalue weighted by atomic mass is 10.4. The molecule has 0 saturated carbocycles. The first kappa shape index (κ1) is 13.4. The number of hydrogen-bond acceptors (Lipinski definition) is 5. The number of thiazole rings is 1. The molecule has 0 atom stereocenters. The maximum atomic E-state index is 5.21. The summed E-state index contributed by atoms with van der Waals surface area (Å²) in [4.78, 5) is 7.80. The fraction of sp³-hybridized carbons (Fsp3) is 0.545. The summed E-state index contributed by atoms with van der Waals surface area (Å²) >= 11 is 6.89. The van der Waals surface area contributed by atoms with Crippen molar-refractivity contribution in [2.75, 3.05) is 14.1 Å². The molecule has 7 heteroatoms. The van der Waals surface area contributed by atoms with E-state index in [1.54, 1.807) is 11.3 Å². The van der Waals surface area contributed by atoms with E-state index in [0.29, 0.717) is 4.77 Å². The van der Waals surface area contributed by atoms with E-state index < -0.39 is 0 Å². The van der Waals surface area contributed by atoms with Gasteiger partial charge in [0.05, 0.1) is 10.6 Å². The lowest BCUT2D eigenvalue weighted by molar-refractivity contribution is 0.401. The Balaban J connectivity index is 2.44. The van der Waals surface area contributed by atoms with Crippen LogP contribution in [0.1, 0.15) is 17.6 Å². The number of aromatic nitrogens is 4. The summed E-state index contributed by atoms with van der Waals surface area (Å²) in [6, 6.07) is 0. The van der Waals surface area contributed by atoms with E-state index in [9.17, 15) is 0 Å². The van der Waals surface area contributed by atoms with Crippen LogP contribution >= 0.6 is 23.6 Å². The van der Waals surface area contributed by atoms with Crippen LogP contribution in [-0.4, -0.2) is 38.7 Å². The molecule has 0 amide bonds. The fourth-order valence-electron chi connectivity index (χ4n) is 1.78. The lowest BCUT2D eigenvalue weighted by Gasteiger charge is -2.04. The number of nitrogens with zero attached hydrogens (tertiary/aromatic N) is 4. The topological polar surface area (TPSA) is 49.7 Å². The summed E-state index contributed by atoms with van der Waals surface area (Å²) in [6.45, 7) is 5.74. The Morgan fingerprint density at radius 1 is 1.44 bits per heavy atom. The van der Waals surface area contributed by atoms with Crippen molar-refractivity contribution in [2.24, 2.45) is 0 Å². The van der Waals surface area contributed by atoms with Crippen molar-refractivity contribution in [1.29, 1.82) is 0 Å². The van der Waals surface area contributed by atoms with Gasteiger partial charge in [-0.05, 0) is 40.2 Å². The monoisotopic (exact) mass is 283 g/mol. The second-order valence-electron chi connectivity index (χ2n) is 4.36. The summed E-state index contributed by atoms with van der Waals surface area (Å²) in [6.07, 6.45) is 0. The van der Waals surface area contributed by atoms with Gasteiger partial charge in [-0.3, -0.25) is 9.67 Å². The summed E-state index contributed by atoms with van der Waals surface area (Å²) in [5.74, 6) is 0.891. The van der Waals surface area contributed by atoms with Crippen LogP contribution in [-0.2, 0) is 13.1 Å². The molecule has 0 aliphatic carbocycles. The van der Waals surface area contributed by atoms with E-state index in [1.807, 2.05) is 25.6 Å². The van der Waals surface area contributed by atoms with Crippen LogP contribution in [0.5, 0.6) is 0 Å².